The molecule has 3 heteroatoms. The van der Waals surface area contributed by atoms with E-state index >= 15 is 0 Å². The SMILES string of the molecule is In1cnc(C(c2ccccc2)(c2ccccc2)c2ccccc2)c1. The third kappa shape index (κ3) is 2.78. The van der Waals surface area contributed by atoms with Gasteiger partial charge in [-0.3, -0.25) is 2.78 Å². The van der Waals surface area contributed by atoms with E-state index in [0.29, 0.717) is 0 Å². The first-order chi connectivity index (χ1) is 12.3. The molecule has 122 valence electrons. The largest absolute Gasteiger partial charge is 0.278 e. The maximum absolute atomic E-state index is 4.77. The van der Waals surface area contributed by atoms with Crippen molar-refractivity contribution in [2.45, 2.75) is 5.41 Å². The van der Waals surface area contributed by atoms with E-state index in [1.807, 2.05) is 9.11 Å². The van der Waals surface area contributed by atoms with Crippen LogP contribution in [0.2, 0.25) is 0 Å². The lowest BCUT2D eigenvalue weighted by molar-refractivity contribution is 0.720. The van der Waals surface area contributed by atoms with Crippen LogP contribution in [0.15, 0.2) is 104 Å². The fourth-order valence-electron chi connectivity index (χ4n) is 3.50. The van der Waals surface area contributed by atoms with E-state index in [1.54, 1.807) is 0 Å². The van der Waals surface area contributed by atoms with Crippen LogP contribution in [-0.4, -0.2) is 7.76 Å². The maximum Gasteiger partial charge on any atom is 0.104 e. The lowest BCUT2D eigenvalue weighted by Crippen LogP contribution is -2.31. The zero-order valence-electron chi connectivity index (χ0n) is 13.6. The molecule has 0 amide bonds. The maximum atomic E-state index is 4.77. The summed E-state index contributed by atoms with van der Waals surface area (Å²) in [5, 5.41) is 0. The summed E-state index contributed by atoms with van der Waals surface area (Å²) in [7, 11) is 0. The van der Waals surface area contributed by atoms with Gasteiger partial charge in [0.1, 0.15) is 6.33 Å². The summed E-state index contributed by atoms with van der Waals surface area (Å²) in [5.41, 5.74) is 4.21. The van der Waals surface area contributed by atoms with Gasteiger partial charge >= 0.3 is 0 Å². The van der Waals surface area contributed by atoms with E-state index in [2.05, 4.69) is 120 Å². The summed E-state index contributed by atoms with van der Waals surface area (Å²) in [6.45, 7) is 0. The minimum absolute atomic E-state index is 0.444. The van der Waals surface area contributed by atoms with Crippen LogP contribution in [0.5, 0.6) is 0 Å². The van der Waals surface area contributed by atoms with Gasteiger partial charge in [-0.2, -0.15) is 0 Å². The Hall–Kier alpha value is -2.40. The Morgan fingerprint density at radius 2 is 1.04 bits per heavy atom. The number of hydrogen-bond donors (Lipinski definition) is 0. The Morgan fingerprint density at radius 3 is 1.36 bits per heavy atom. The molecule has 0 fully saturated rings. The fourth-order valence-corrected chi connectivity index (χ4v) is 3.89. The molecule has 4 aromatic rings. The van der Waals surface area contributed by atoms with Gasteiger partial charge in [0, 0.05) is 6.20 Å². The van der Waals surface area contributed by atoms with Crippen LogP contribution >= 0.6 is 22.9 Å². The number of hydrogen-bond acceptors (Lipinski definition) is 1. The molecule has 3 aromatic carbocycles. The van der Waals surface area contributed by atoms with Gasteiger partial charge in [-0.25, -0.2) is 4.98 Å². The average molecular weight is 436 g/mol. The molecule has 0 aliphatic rings. The lowest BCUT2D eigenvalue weighted by Gasteiger charge is -2.34. The number of benzene rings is 3. The minimum atomic E-state index is -0.444. The first-order valence-electron chi connectivity index (χ1n) is 8.19. The first-order valence-corrected chi connectivity index (χ1v) is 9.15. The molecule has 0 aliphatic heterocycles. The molecular weight excluding hydrogens is 419 g/mol. The van der Waals surface area contributed by atoms with E-state index in [1.165, 1.54) is 16.7 Å². The predicted octanol–water partition coefficient (Wildman–Crippen LogP) is 5.46. The Balaban J connectivity index is 2.12. The Bertz CT molecular complexity index is 850. The van der Waals surface area contributed by atoms with Crippen LogP contribution in [-0.2, 0) is 5.41 Å². The Kier molecular flexibility index (Phi) is 4.40. The molecule has 0 aliphatic carbocycles. The second kappa shape index (κ2) is 6.84. The molecule has 0 unspecified atom stereocenters. The standard InChI is InChI=1S/C22H17IN2/c23-25-16-21(24-17-25)22(18-10-4-1-5-11-18,19-12-6-2-7-13-19)20-14-8-3-9-15-20/h1-17H. The monoisotopic (exact) mass is 436 g/mol. The van der Waals surface area contributed by atoms with Gasteiger partial charge in [0.25, 0.3) is 0 Å². The zero-order chi connectivity index (χ0) is 17.1. The van der Waals surface area contributed by atoms with E-state index in [-0.39, 0.29) is 0 Å². The van der Waals surface area contributed by atoms with E-state index < -0.39 is 5.41 Å². The van der Waals surface area contributed by atoms with Crippen molar-refractivity contribution in [1.82, 2.24) is 7.76 Å². The number of rotatable bonds is 4. The highest BCUT2D eigenvalue weighted by Gasteiger charge is 2.40. The van der Waals surface area contributed by atoms with Crippen molar-refractivity contribution < 1.29 is 0 Å². The van der Waals surface area contributed by atoms with Gasteiger partial charge < -0.3 is 0 Å². The van der Waals surface area contributed by atoms with Crippen LogP contribution in [0.25, 0.3) is 0 Å². The summed E-state index contributed by atoms with van der Waals surface area (Å²) in [4.78, 5) is 4.77. The van der Waals surface area contributed by atoms with Crippen molar-refractivity contribution in [2.24, 2.45) is 0 Å². The zero-order valence-corrected chi connectivity index (χ0v) is 15.7. The van der Waals surface area contributed by atoms with Gasteiger partial charge in [0.2, 0.25) is 0 Å². The van der Waals surface area contributed by atoms with Gasteiger partial charge in [0.15, 0.2) is 0 Å². The van der Waals surface area contributed by atoms with Crippen molar-refractivity contribution in [2.75, 3.05) is 0 Å². The average Bonchev–Trinajstić information content (AvgIpc) is 3.12. The molecule has 1 aromatic heterocycles. The molecule has 2 nitrogen and oxygen atoms in total. The Labute approximate surface area is 161 Å². The molecule has 25 heavy (non-hydrogen) atoms. The quantitative estimate of drug-likeness (QED) is 0.307. The highest BCUT2D eigenvalue weighted by molar-refractivity contribution is 14.1. The summed E-state index contributed by atoms with van der Waals surface area (Å²) in [6.07, 6.45) is 3.97. The van der Waals surface area contributed by atoms with Crippen molar-refractivity contribution >= 4 is 22.9 Å². The molecule has 0 N–H and O–H groups in total. The van der Waals surface area contributed by atoms with E-state index in [4.69, 9.17) is 4.98 Å². The predicted molar refractivity (Wildman–Crippen MR) is 110 cm³/mol. The van der Waals surface area contributed by atoms with Gasteiger partial charge in [-0.1, -0.05) is 91.0 Å². The highest BCUT2D eigenvalue weighted by Crippen LogP contribution is 2.44. The second-order valence-electron chi connectivity index (χ2n) is 5.95. The number of nitrogens with zero attached hydrogens (tertiary/aromatic N) is 2. The second-order valence-corrected chi connectivity index (χ2v) is 7.07. The third-order valence-corrected chi connectivity index (χ3v) is 5.09. The molecule has 0 bridgehead atoms. The molecule has 0 saturated heterocycles. The van der Waals surface area contributed by atoms with Gasteiger partial charge in [-0.15, -0.1) is 0 Å². The topological polar surface area (TPSA) is 17.8 Å². The van der Waals surface area contributed by atoms with Crippen molar-refractivity contribution in [3.63, 3.8) is 0 Å². The third-order valence-electron chi connectivity index (χ3n) is 4.56. The summed E-state index contributed by atoms with van der Waals surface area (Å²) in [5.74, 6) is 0. The molecule has 0 saturated carbocycles. The van der Waals surface area contributed by atoms with Crippen LogP contribution in [0, 0.1) is 0 Å². The van der Waals surface area contributed by atoms with Gasteiger partial charge in [0.05, 0.1) is 34.0 Å². The molecule has 0 radical (unpaired) electrons. The molecular formula is C22H17IN2. The minimum Gasteiger partial charge on any atom is -0.278 e. The first kappa shape index (κ1) is 16.1. The van der Waals surface area contributed by atoms with Crippen LogP contribution in [0.4, 0.5) is 0 Å². The van der Waals surface area contributed by atoms with E-state index in [9.17, 15) is 0 Å². The van der Waals surface area contributed by atoms with Crippen LogP contribution < -0.4 is 0 Å². The normalized spacial score (nSPS) is 11.4. The lowest BCUT2D eigenvalue weighted by atomic mass is 9.67. The fraction of sp³-hybridized carbons (Fsp3) is 0.0455. The van der Waals surface area contributed by atoms with Gasteiger partial charge in [-0.05, 0) is 16.7 Å². The highest BCUT2D eigenvalue weighted by atomic mass is 127. The summed E-state index contributed by atoms with van der Waals surface area (Å²) < 4.78 is 1.98. The molecule has 0 atom stereocenters. The van der Waals surface area contributed by atoms with Crippen LogP contribution in [0.1, 0.15) is 22.4 Å². The smallest absolute Gasteiger partial charge is 0.104 e. The number of aromatic nitrogens is 2. The molecule has 1 heterocycles. The number of imidazole rings is 1. The summed E-state index contributed by atoms with van der Waals surface area (Å²) in [6, 6.07) is 31.9. The van der Waals surface area contributed by atoms with Crippen LogP contribution in [0.3, 0.4) is 0 Å². The van der Waals surface area contributed by atoms with Crippen molar-refractivity contribution in [3.05, 3.63) is 126 Å². The number of halogens is 1. The Morgan fingerprint density at radius 1 is 0.640 bits per heavy atom. The van der Waals surface area contributed by atoms with Crippen molar-refractivity contribution in [3.8, 4) is 0 Å². The summed E-state index contributed by atoms with van der Waals surface area (Å²) >= 11 is 2.25. The molecule has 4 rings (SSSR count). The van der Waals surface area contributed by atoms with E-state index in [0.717, 1.165) is 5.69 Å². The molecule has 0 spiro atoms. The van der Waals surface area contributed by atoms with Crippen molar-refractivity contribution in [1.29, 1.82) is 0 Å².